The van der Waals surface area contributed by atoms with Crippen LogP contribution in [0.1, 0.15) is 0 Å². The van der Waals surface area contributed by atoms with Gasteiger partial charge in [0.25, 0.3) is 0 Å². The molecular weight excluding hydrogens is 150 g/mol. The summed E-state index contributed by atoms with van der Waals surface area (Å²) in [5, 5.41) is 38.3. The zero-order valence-electron chi connectivity index (χ0n) is 6.01. The van der Waals surface area contributed by atoms with Crippen molar-refractivity contribution in [3.8, 4) is 0 Å². The van der Waals surface area contributed by atoms with E-state index in [0.29, 0.717) is 0 Å². The fraction of sp³-hybridized carbons (Fsp3) is 1.00. The Bertz CT molecular complexity index is 114. The minimum absolute atomic E-state index is 0.241. The van der Waals surface area contributed by atoms with Crippen LogP contribution in [-0.4, -0.2) is 57.9 Å². The van der Waals surface area contributed by atoms with Crippen molar-refractivity contribution in [1.29, 1.82) is 0 Å². The molecule has 0 radical (unpaired) electrons. The van der Waals surface area contributed by atoms with Gasteiger partial charge in [0, 0.05) is 0 Å². The van der Waals surface area contributed by atoms with Gasteiger partial charge in [-0.3, -0.25) is 0 Å². The van der Waals surface area contributed by atoms with E-state index in [4.69, 9.17) is 10.2 Å². The van der Waals surface area contributed by atoms with Crippen molar-refractivity contribution in [2.24, 2.45) is 0 Å². The first kappa shape index (κ1) is 8.89. The Morgan fingerprint density at radius 3 is 1.45 bits per heavy atom. The summed E-state index contributed by atoms with van der Waals surface area (Å²) >= 11 is 0. The van der Waals surface area contributed by atoms with E-state index >= 15 is 0 Å². The quantitative estimate of drug-likeness (QED) is 0.300. The van der Waals surface area contributed by atoms with Crippen molar-refractivity contribution in [1.82, 2.24) is 5.32 Å². The number of hydrogen-bond acceptors (Lipinski definition) is 5. The van der Waals surface area contributed by atoms with Crippen molar-refractivity contribution in [3.63, 3.8) is 0 Å². The van der Waals surface area contributed by atoms with Gasteiger partial charge < -0.3 is 25.7 Å². The Morgan fingerprint density at radius 2 is 1.27 bits per heavy atom. The van der Waals surface area contributed by atoms with E-state index in [1.165, 1.54) is 0 Å². The Labute approximate surface area is 64.3 Å². The third-order valence-electron chi connectivity index (χ3n) is 2.00. The number of hydrogen-bond donors (Lipinski definition) is 5. The molecule has 0 aromatic rings. The molecule has 0 bridgehead atoms. The number of nitrogens with one attached hydrogen (secondary N) is 1. The molecule has 66 valence electrons. The number of aliphatic hydroxyl groups is 4. The summed E-state index contributed by atoms with van der Waals surface area (Å²) in [6, 6.07) is -1.05. The predicted molar refractivity (Wildman–Crippen MR) is 36.9 cm³/mol. The number of rotatable bonds is 2. The molecule has 1 unspecified atom stereocenters. The average Bonchev–Trinajstić information content (AvgIpc) is 2.30. The minimum Gasteiger partial charge on any atom is -0.395 e. The maximum Gasteiger partial charge on any atom is 0.0990 e. The predicted octanol–water partition coefficient (Wildman–Crippen LogP) is -2.97. The first-order chi connectivity index (χ1) is 5.20. The van der Waals surface area contributed by atoms with Crippen molar-refractivity contribution in [2.75, 3.05) is 13.2 Å². The lowest BCUT2D eigenvalue weighted by Crippen LogP contribution is -2.37. The fourth-order valence-electron chi connectivity index (χ4n) is 1.27. The van der Waals surface area contributed by atoms with Crippen LogP contribution in [0.4, 0.5) is 0 Å². The van der Waals surface area contributed by atoms with Crippen molar-refractivity contribution in [3.05, 3.63) is 0 Å². The first-order valence-electron chi connectivity index (χ1n) is 3.54. The zero-order chi connectivity index (χ0) is 8.43. The second-order valence-electron chi connectivity index (χ2n) is 2.73. The molecule has 0 saturated carbocycles. The van der Waals surface area contributed by atoms with E-state index in [9.17, 15) is 10.2 Å². The molecule has 0 aromatic carbocycles. The summed E-state index contributed by atoms with van der Waals surface area (Å²) in [6.07, 6.45) is -1.98. The fourth-order valence-corrected chi connectivity index (χ4v) is 1.27. The topological polar surface area (TPSA) is 93.0 Å². The molecule has 0 aliphatic carbocycles. The van der Waals surface area contributed by atoms with Crippen LogP contribution in [0.2, 0.25) is 0 Å². The van der Waals surface area contributed by atoms with Gasteiger partial charge in [-0.05, 0) is 0 Å². The summed E-state index contributed by atoms with van der Waals surface area (Å²) < 4.78 is 0. The van der Waals surface area contributed by atoms with Gasteiger partial charge in [-0.25, -0.2) is 0 Å². The molecule has 5 heteroatoms. The van der Waals surface area contributed by atoms with E-state index in [1.54, 1.807) is 0 Å². The second kappa shape index (κ2) is 3.46. The van der Waals surface area contributed by atoms with Gasteiger partial charge in [0.2, 0.25) is 0 Å². The standard InChI is InChI=1S/C6H13NO4/c8-1-3-5(10)6(11)4(2-9)7-3/h3-11H,1-2H2/t3-,4-,5-,6?/m1/s1. The van der Waals surface area contributed by atoms with Crippen LogP contribution in [-0.2, 0) is 0 Å². The minimum atomic E-state index is -0.989. The summed E-state index contributed by atoms with van der Waals surface area (Å²) in [5.41, 5.74) is 0. The van der Waals surface area contributed by atoms with Crippen LogP contribution in [0.25, 0.3) is 0 Å². The molecule has 1 rings (SSSR count). The van der Waals surface area contributed by atoms with Gasteiger partial charge in [-0.2, -0.15) is 0 Å². The van der Waals surface area contributed by atoms with Gasteiger partial charge in [0.05, 0.1) is 37.5 Å². The summed E-state index contributed by atoms with van der Waals surface area (Å²) in [7, 11) is 0. The second-order valence-corrected chi connectivity index (χ2v) is 2.73. The molecule has 0 aromatic heterocycles. The van der Waals surface area contributed by atoms with E-state index in [1.807, 2.05) is 0 Å². The van der Waals surface area contributed by atoms with Crippen LogP contribution >= 0.6 is 0 Å². The molecule has 5 N–H and O–H groups in total. The van der Waals surface area contributed by atoms with Crippen LogP contribution in [0.5, 0.6) is 0 Å². The highest BCUT2D eigenvalue weighted by Gasteiger charge is 2.39. The van der Waals surface area contributed by atoms with Gasteiger partial charge in [-0.15, -0.1) is 0 Å². The van der Waals surface area contributed by atoms with Crippen molar-refractivity contribution < 1.29 is 20.4 Å². The first-order valence-corrected chi connectivity index (χ1v) is 3.54. The van der Waals surface area contributed by atoms with E-state index < -0.39 is 24.3 Å². The van der Waals surface area contributed by atoms with Gasteiger partial charge in [0.15, 0.2) is 0 Å². The van der Waals surface area contributed by atoms with E-state index in [-0.39, 0.29) is 13.2 Å². The third-order valence-corrected chi connectivity index (χ3v) is 2.00. The molecule has 11 heavy (non-hydrogen) atoms. The summed E-state index contributed by atoms with van der Waals surface area (Å²) in [5.74, 6) is 0. The number of aliphatic hydroxyl groups excluding tert-OH is 4. The lowest BCUT2D eigenvalue weighted by atomic mass is 10.1. The average molecular weight is 163 g/mol. The maximum absolute atomic E-state index is 9.18. The lowest BCUT2D eigenvalue weighted by molar-refractivity contribution is 0.0130. The molecule has 1 aliphatic heterocycles. The Morgan fingerprint density at radius 1 is 0.909 bits per heavy atom. The highest BCUT2D eigenvalue weighted by Crippen LogP contribution is 2.13. The summed E-state index contributed by atoms with van der Waals surface area (Å²) in [6.45, 7) is -0.483. The molecule has 0 amide bonds. The monoisotopic (exact) mass is 163 g/mol. The molecule has 1 aliphatic rings. The molecule has 1 fully saturated rings. The Hall–Kier alpha value is -0.200. The maximum atomic E-state index is 9.18. The SMILES string of the molecule is OC[C@H]1N[C@H](CO)[C@@H](O)C1O. The summed E-state index contributed by atoms with van der Waals surface area (Å²) in [4.78, 5) is 0. The molecular formula is C6H13NO4. The van der Waals surface area contributed by atoms with Crippen molar-refractivity contribution >= 4 is 0 Å². The van der Waals surface area contributed by atoms with E-state index in [2.05, 4.69) is 5.32 Å². The van der Waals surface area contributed by atoms with Crippen LogP contribution in [0, 0.1) is 0 Å². The van der Waals surface area contributed by atoms with Gasteiger partial charge in [-0.1, -0.05) is 0 Å². The van der Waals surface area contributed by atoms with Crippen LogP contribution in [0.3, 0.4) is 0 Å². The highest BCUT2D eigenvalue weighted by atomic mass is 16.3. The van der Waals surface area contributed by atoms with Gasteiger partial charge in [0.1, 0.15) is 0 Å². The molecule has 1 saturated heterocycles. The largest absolute Gasteiger partial charge is 0.395 e. The van der Waals surface area contributed by atoms with E-state index in [0.717, 1.165) is 0 Å². The van der Waals surface area contributed by atoms with Crippen molar-refractivity contribution in [2.45, 2.75) is 24.3 Å². The molecule has 4 atom stereocenters. The molecule has 0 spiro atoms. The Balaban J connectivity index is 2.53. The zero-order valence-corrected chi connectivity index (χ0v) is 6.01. The van der Waals surface area contributed by atoms with Crippen LogP contribution < -0.4 is 5.32 Å². The third kappa shape index (κ3) is 1.52. The van der Waals surface area contributed by atoms with Gasteiger partial charge >= 0.3 is 0 Å². The Kier molecular flexibility index (Phi) is 2.80. The lowest BCUT2D eigenvalue weighted by Gasteiger charge is -2.12. The molecule has 1 heterocycles. The molecule has 5 nitrogen and oxygen atoms in total. The highest BCUT2D eigenvalue weighted by molar-refractivity contribution is 4.97. The van der Waals surface area contributed by atoms with Crippen LogP contribution in [0.15, 0.2) is 0 Å². The smallest absolute Gasteiger partial charge is 0.0990 e. The normalized spacial score (nSPS) is 44.7.